The van der Waals surface area contributed by atoms with Crippen molar-refractivity contribution in [1.29, 1.82) is 0 Å². The molecule has 0 saturated carbocycles. The summed E-state index contributed by atoms with van der Waals surface area (Å²) >= 11 is 0. The van der Waals surface area contributed by atoms with Crippen LogP contribution in [0.25, 0.3) is 0 Å². The van der Waals surface area contributed by atoms with Crippen LogP contribution in [0.4, 0.5) is 6.01 Å². The molecule has 0 radical (unpaired) electrons. The molecule has 1 aromatic heterocycles. The van der Waals surface area contributed by atoms with E-state index < -0.39 is 6.04 Å². The number of carbonyl (C=O) groups is 1. The van der Waals surface area contributed by atoms with Crippen LogP contribution in [-0.2, 0) is 4.79 Å². The maximum absolute atomic E-state index is 12.1. The van der Waals surface area contributed by atoms with Gasteiger partial charge in [-0.3, -0.25) is 4.79 Å². The van der Waals surface area contributed by atoms with Gasteiger partial charge in [-0.2, -0.15) is 0 Å². The zero-order valence-corrected chi connectivity index (χ0v) is 12.9. The van der Waals surface area contributed by atoms with Gasteiger partial charge < -0.3 is 20.0 Å². The van der Waals surface area contributed by atoms with E-state index in [-0.39, 0.29) is 18.0 Å². The molecule has 0 spiro atoms. The molecule has 1 aromatic rings. The maximum Gasteiger partial charge on any atom is 0.316 e. The highest BCUT2D eigenvalue weighted by molar-refractivity contribution is 5.83. The van der Waals surface area contributed by atoms with Gasteiger partial charge in [0, 0.05) is 13.1 Å². The molecule has 114 valence electrons. The zero-order valence-electron chi connectivity index (χ0n) is 12.9. The Morgan fingerprint density at radius 1 is 1.25 bits per heavy atom. The lowest BCUT2D eigenvalue weighted by atomic mass is 10.3. The Morgan fingerprint density at radius 2 is 1.90 bits per heavy atom. The van der Waals surface area contributed by atoms with Gasteiger partial charge in [0.25, 0.3) is 0 Å². The molecule has 7 heteroatoms. The minimum absolute atomic E-state index is 0.00293. The summed E-state index contributed by atoms with van der Waals surface area (Å²) in [6.07, 6.45) is 0. The SMILES string of the molecule is CCNC(C)c1nnc(NC(C)C(=O)N(CC)CC)o1. The highest BCUT2D eigenvalue weighted by Gasteiger charge is 2.20. The summed E-state index contributed by atoms with van der Waals surface area (Å²) in [5.74, 6) is 0.534. The molecule has 0 aromatic carbocycles. The lowest BCUT2D eigenvalue weighted by Gasteiger charge is -2.22. The number of anilines is 1. The Labute approximate surface area is 120 Å². The lowest BCUT2D eigenvalue weighted by Crippen LogP contribution is -2.41. The average molecular weight is 283 g/mol. The van der Waals surface area contributed by atoms with E-state index in [0.717, 1.165) is 6.54 Å². The normalized spacial score (nSPS) is 13.8. The van der Waals surface area contributed by atoms with Crippen molar-refractivity contribution in [3.8, 4) is 0 Å². The largest absolute Gasteiger partial charge is 0.406 e. The Kier molecular flexibility index (Phi) is 6.44. The predicted octanol–water partition coefficient (Wildman–Crippen LogP) is 1.41. The van der Waals surface area contributed by atoms with Crippen molar-refractivity contribution in [3.05, 3.63) is 5.89 Å². The molecule has 1 rings (SSSR count). The van der Waals surface area contributed by atoms with Crippen molar-refractivity contribution >= 4 is 11.9 Å². The molecule has 2 N–H and O–H groups in total. The van der Waals surface area contributed by atoms with Crippen LogP contribution in [0.5, 0.6) is 0 Å². The number of rotatable bonds is 8. The van der Waals surface area contributed by atoms with Gasteiger partial charge in [-0.25, -0.2) is 0 Å². The van der Waals surface area contributed by atoms with Crippen LogP contribution in [-0.4, -0.2) is 46.7 Å². The van der Waals surface area contributed by atoms with Crippen molar-refractivity contribution < 1.29 is 9.21 Å². The number of aromatic nitrogens is 2. The molecule has 7 nitrogen and oxygen atoms in total. The Bertz CT molecular complexity index is 417. The van der Waals surface area contributed by atoms with Crippen LogP contribution in [0.1, 0.15) is 46.6 Å². The molecule has 0 aliphatic rings. The van der Waals surface area contributed by atoms with E-state index >= 15 is 0 Å². The average Bonchev–Trinajstić information content (AvgIpc) is 2.88. The number of nitrogens with one attached hydrogen (secondary N) is 2. The third-order valence-electron chi connectivity index (χ3n) is 3.11. The van der Waals surface area contributed by atoms with Gasteiger partial charge in [-0.1, -0.05) is 12.0 Å². The third-order valence-corrected chi connectivity index (χ3v) is 3.11. The molecule has 0 aliphatic carbocycles. The number of nitrogens with zero attached hydrogens (tertiary/aromatic N) is 3. The molecule has 0 aliphatic heterocycles. The number of amides is 1. The Morgan fingerprint density at radius 3 is 2.45 bits per heavy atom. The van der Waals surface area contributed by atoms with Gasteiger partial charge >= 0.3 is 6.01 Å². The monoisotopic (exact) mass is 283 g/mol. The second-order valence-electron chi connectivity index (χ2n) is 4.60. The first-order chi connectivity index (χ1) is 9.53. The fourth-order valence-corrected chi connectivity index (χ4v) is 1.92. The number of hydrogen-bond donors (Lipinski definition) is 2. The van der Waals surface area contributed by atoms with Crippen molar-refractivity contribution in [1.82, 2.24) is 20.4 Å². The number of carbonyl (C=O) groups excluding carboxylic acids is 1. The summed E-state index contributed by atoms with van der Waals surface area (Å²) in [5.41, 5.74) is 0. The van der Waals surface area contributed by atoms with Gasteiger partial charge in [0.2, 0.25) is 11.8 Å². The molecule has 2 unspecified atom stereocenters. The van der Waals surface area contributed by atoms with E-state index in [1.165, 1.54) is 0 Å². The molecule has 1 amide bonds. The van der Waals surface area contributed by atoms with Gasteiger partial charge in [-0.15, -0.1) is 5.10 Å². The molecule has 0 saturated heterocycles. The van der Waals surface area contributed by atoms with E-state index in [4.69, 9.17) is 4.42 Å². The fraction of sp³-hybridized carbons (Fsp3) is 0.769. The Hall–Kier alpha value is -1.63. The summed E-state index contributed by atoms with van der Waals surface area (Å²) in [7, 11) is 0. The van der Waals surface area contributed by atoms with Gasteiger partial charge in [0.15, 0.2) is 0 Å². The van der Waals surface area contributed by atoms with E-state index in [2.05, 4.69) is 20.8 Å². The van der Waals surface area contributed by atoms with Crippen LogP contribution in [0.2, 0.25) is 0 Å². The first kappa shape index (κ1) is 16.4. The third kappa shape index (κ3) is 4.19. The number of likely N-dealkylation sites (N-methyl/N-ethyl adjacent to an activating group) is 1. The van der Waals surface area contributed by atoms with Crippen LogP contribution >= 0.6 is 0 Å². The van der Waals surface area contributed by atoms with Crippen molar-refractivity contribution in [2.45, 2.75) is 46.7 Å². The topological polar surface area (TPSA) is 83.3 Å². The Balaban J connectivity index is 2.62. The van der Waals surface area contributed by atoms with Crippen LogP contribution in [0.3, 0.4) is 0 Å². The van der Waals surface area contributed by atoms with Gasteiger partial charge in [0.05, 0.1) is 6.04 Å². The molecule has 1 heterocycles. The van der Waals surface area contributed by atoms with Crippen LogP contribution in [0, 0.1) is 0 Å². The van der Waals surface area contributed by atoms with E-state index in [1.54, 1.807) is 11.8 Å². The molecule has 20 heavy (non-hydrogen) atoms. The van der Waals surface area contributed by atoms with Crippen molar-refractivity contribution in [2.75, 3.05) is 25.0 Å². The second kappa shape index (κ2) is 7.84. The highest BCUT2D eigenvalue weighted by atomic mass is 16.4. The highest BCUT2D eigenvalue weighted by Crippen LogP contribution is 2.14. The summed E-state index contributed by atoms with van der Waals surface area (Å²) in [4.78, 5) is 13.9. The quantitative estimate of drug-likeness (QED) is 0.750. The van der Waals surface area contributed by atoms with E-state index in [9.17, 15) is 4.79 Å². The van der Waals surface area contributed by atoms with Crippen LogP contribution in [0.15, 0.2) is 4.42 Å². The summed E-state index contributed by atoms with van der Waals surface area (Å²) in [6.45, 7) is 11.9. The summed E-state index contributed by atoms with van der Waals surface area (Å²) < 4.78 is 5.50. The van der Waals surface area contributed by atoms with E-state index in [1.807, 2.05) is 27.7 Å². The molecule has 0 bridgehead atoms. The minimum atomic E-state index is -0.391. The van der Waals surface area contributed by atoms with Gasteiger partial charge in [0.1, 0.15) is 6.04 Å². The standard InChI is InChI=1S/C13H25N5O2/c1-6-14-9(4)11-16-17-13(20-11)15-10(5)12(19)18(7-2)8-3/h9-10,14H,6-8H2,1-5H3,(H,15,17). The number of hydrogen-bond acceptors (Lipinski definition) is 6. The first-order valence-corrected chi connectivity index (χ1v) is 7.15. The second-order valence-corrected chi connectivity index (χ2v) is 4.60. The molecule has 0 fully saturated rings. The maximum atomic E-state index is 12.1. The summed E-state index contributed by atoms with van der Waals surface area (Å²) in [5, 5.41) is 14.0. The van der Waals surface area contributed by atoms with Crippen molar-refractivity contribution in [3.63, 3.8) is 0 Å². The molecule has 2 atom stereocenters. The first-order valence-electron chi connectivity index (χ1n) is 7.15. The van der Waals surface area contributed by atoms with Gasteiger partial charge in [-0.05, 0) is 34.2 Å². The summed E-state index contributed by atoms with van der Waals surface area (Å²) in [6, 6.07) is -0.118. The van der Waals surface area contributed by atoms with E-state index in [0.29, 0.717) is 19.0 Å². The van der Waals surface area contributed by atoms with Crippen LogP contribution < -0.4 is 10.6 Å². The lowest BCUT2D eigenvalue weighted by molar-refractivity contribution is -0.131. The minimum Gasteiger partial charge on any atom is -0.406 e. The molecular weight excluding hydrogens is 258 g/mol. The zero-order chi connectivity index (χ0) is 15.1. The fourth-order valence-electron chi connectivity index (χ4n) is 1.92. The smallest absolute Gasteiger partial charge is 0.316 e. The molecular formula is C13H25N5O2. The van der Waals surface area contributed by atoms with Crippen molar-refractivity contribution in [2.24, 2.45) is 0 Å². The predicted molar refractivity (Wildman–Crippen MR) is 77.4 cm³/mol.